The molecule has 0 fully saturated rings. The number of anilines is 1. The lowest BCUT2D eigenvalue weighted by Gasteiger charge is -2.18. The first-order chi connectivity index (χ1) is 9.36. The summed E-state index contributed by atoms with van der Waals surface area (Å²) in [5.41, 5.74) is 0.363. The van der Waals surface area contributed by atoms with E-state index >= 15 is 0 Å². The third-order valence-electron chi connectivity index (χ3n) is 2.68. The summed E-state index contributed by atoms with van der Waals surface area (Å²) in [6.07, 6.45) is 0. The highest BCUT2D eigenvalue weighted by atomic mass is 32.2. The van der Waals surface area contributed by atoms with Gasteiger partial charge >= 0.3 is 0 Å². The highest BCUT2D eigenvalue weighted by Crippen LogP contribution is 2.13. The van der Waals surface area contributed by atoms with E-state index in [0.29, 0.717) is 18.8 Å². The second-order valence-corrected chi connectivity index (χ2v) is 5.77. The Labute approximate surface area is 118 Å². The van der Waals surface area contributed by atoms with Gasteiger partial charge in [0.2, 0.25) is 15.9 Å². The molecule has 112 valence electrons. The van der Waals surface area contributed by atoms with Crippen LogP contribution in [0.25, 0.3) is 0 Å². The zero-order valence-corrected chi connectivity index (χ0v) is 12.1. The van der Waals surface area contributed by atoms with Gasteiger partial charge in [-0.1, -0.05) is 13.0 Å². The number of nitrogens with zero attached hydrogens (tertiary/aromatic N) is 1. The number of sulfonamides is 1. The molecular weight excluding hydrogens is 282 g/mol. The van der Waals surface area contributed by atoms with E-state index in [1.807, 2.05) is 6.92 Å². The van der Waals surface area contributed by atoms with Crippen molar-refractivity contribution in [2.75, 3.05) is 31.6 Å². The van der Waals surface area contributed by atoms with Crippen molar-refractivity contribution in [2.24, 2.45) is 5.14 Å². The smallest absolute Gasteiger partial charge is 0.238 e. The molecular formula is C12H19N3O4S. The van der Waals surface area contributed by atoms with E-state index in [-0.39, 0.29) is 24.0 Å². The first kappa shape index (κ1) is 16.6. The Morgan fingerprint density at radius 2 is 2.15 bits per heavy atom. The number of aliphatic hydroxyl groups excluding tert-OH is 1. The molecule has 0 unspecified atom stereocenters. The molecule has 0 aromatic heterocycles. The van der Waals surface area contributed by atoms with Gasteiger partial charge in [-0.05, 0) is 24.7 Å². The molecule has 7 nitrogen and oxygen atoms in total. The van der Waals surface area contributed by atoms with E-state index in [4.69, 9.17) is 10.2 Å². The summed E-state index contributed by atoms with van der Waals surface area (Å²) in [7, 11) is -3.79. The highest BCUT2D eigenvalue weighted by Gasteiger charge is 2.11. The highest BCUT2D eigenvalue weighted by molar-refractivity contribution is 7.89. The predicted molar refractivity (Wildman–Crippen MR) is 75.6 cm³/mol. The number of rotatable bonds is 7. The van der Waals surface area contributed by atoms with Crippen LogP contribution in [0.3, 0.4) is 0 Å². The molecule has 0 saturated carbocycles. The molecule has 0 bridgehead atoms. The van der Waals surface area contributed by atoms with Crippen LogP contribution in [0.5, 0.6) is 0 Å². The number of primary sulfonamides is 1. The summed E-state index contributed by atoms with van der Waals surface area (Å²) >= 11 is 0. The number of hydrogen-bond donors (Lipinski definition) is 3. The lowest BCUT2D eigenvalue weighted by Crippen LogP contribution is -2.35. The second-order valence-electron chi connectivity index (χ2n) is 4.21. The molecule has 1 aromatic rings. The predicted octanol–water partition coefficient (Wildman–Crippen LogP) is -0.413. The molecule has 20 heavy (non-hydrogen) atoms. The number of carbonyl (C=O) groups excluding carboxylic acids is 1. The lowest BCUT2D eigenvalue weighted by molar-refractivity contribution is -0.117. The third kappa shape index (κ3) is 5.25. The number of hydrogen-bond acceptors (Lipinski definition) is 5. The van der Waals surface area contributed by atoms with Crippen molar-refractivity contribution in [3.05, 3.63) is 24.3 Å². The van der Waals surface area contributed by atoms with Crippen molar-refractivity contribution in [3.63, 3.8) is 0 Å². The number of likely N-dealkylation sites (N-methyl/N-ethyl adjacent to an activating group) is 1. The van der Waals surface area contributed by atoms with Gasteiger partial charge in [-0.2, -0.15) is 0 Å². The first-order valence-electron chi connectivity index (χ1n) is 6.12. The van der Waals surface area contributed by atoms with Gasteiger partial charge in [0.1, 0.15) is 0 Å². The van der Waals surface area contributed by atoms with Crippen molar-refractivity contribution in [1.29, 1.82) is 0 Å². The van der Waals surface area contributed by atoms with E-state index in [0.717, 1.165) is 0 Å². The molecule has 8 heteroatoms. The summed E-state index contributed by atoms with van der Waals surface area (Å²) in [6, 6.07) is 5.74. The quantitative estimate of drug-likeness (QED) is 0.633. The number of benzene rings is 1. The maximum absolute atomic E-state index is 11.8. The zero-order valence-electron chi connectivity index (χ0n) is 11.2. The molecule has 0 aliphatic heterocycles. The molecule has 4 N–H and O–H groups in total. The minimum absolute atomic E-state index is 0.0258. The molecule has 0 spiro atoms. The van der Waals surface area contributed by atoms with Gasteiger partial charge in [0.25, 0.3) is 0 Å². The van der Waals surface area contributed by atoms with E-state index in [2.05, 4.69) is 5.32 Å². The fraction of sp³-hybridized carbons (Fsp3) is 0.417. The van der Waals surface area contributed by atoms with Gasteiger partial charge in [0.15, 0.2) is 0 Å². The van der Waals surface area contributed by atoms with Crippen LogP contribution < -0.4 is 10.5 Å². The molecule has 0 saturated heterocycles. The average molecular weight is 301 g/mol. The van der Waals surface area contributed by atoms with E-state index in [1.54, 1.807) is 11.0 Å². The van der Waals surface area contributed by atoms with Crippen molar-refractivity contribution in [1.82, 2.24) is 4.90 Å². The summed E-state index contributed by atoms with van der Waals surface area (Å²) in [5, 5.41) is 16.5. The standard InChI is InChI=1S/C12H19N3O4S/c1-2-15(6-7-16)9-12(17)14-10-4-3-5-11(8-10)20(13,18)19/h3-5,8,16H,2,6-7,9H2,1H3,(H,14,17)(H2,13,18,19). The molecule has 0 aliphatic rings. The van der Waals surface area contributed by atoms with Crippen LogP contribution in [-0.2, 0) is 14.8 Å². The van der Waals surface area contributed by atoms with Crippen molar-refractivity contribution in [3.8, 4) is 0 Å². The Hall–Kier alpha value is -1.48. The Morgan fingerprint density at radius 3 is 2.70 bits per heavy atom. The van der Waals surface area contributed by atoms with Crippen LogP contribution >= 0.6 is 0 Å². The topological polar surface area (TPSA) is 113 Å². The fourth-order valence-electron chi connectivity index (χ4n) is 1.64. The molecule has 1 amide bonds. The first-order valence-corrected chi connectivity index (χ1v) is 7.67. The maximum atomic E-state index is 11.8. The summed E-state index contributed by atoms with van der Waals surface area (Å²) in [5.74, 6) is -0.285. The Bertz CT molecular complexity index is 560. The molecule has 0 atom stereocenters. The second kappa shape index (κ2) is 7.34. The third-order valence-corrected chi connectivity index (χ3v) is 3.59. The minimum Gasteiger partial charge on any atom is -0.395 e. The van der Waals surface area contributed by atoms with Crippen LogP contribution in [0.2, 0.25) is 0 Å². The fourth-order valence-corrected chi connectivity index (χ4v) is 2.20. The van der Waals surface area contributed by atoms with Crippen LogP contribution in [-0.4, -0.2) is 50.6 Å². The van der Waals surface area contributed by atoms with E-state index < -0.39 is 10.0 Å². The Kier molecular flexibility index (Phi) is 6.08. The van der Waals surface area contributed by atoms with Crippen molar-refractivity contribution in [2.45, 2.75) is 11.8 Å². The molecule has 1 rings (SSSR count). The van der Waals surface area contributed by atoms with Gasteiger partial charge in [-0.3, -0.25) is 9.69 Å². The van der Waals surface area contributed by atoms with Crippen molar-refractivity contribution < 1.29 is 18.3 Å². The van der Waals surface area contributed by atoms with Gasteiger partial charge in [0.05, 0.1) is 18.0 Å². The summed E-state index contributed by atoms with van der Waals surface area (Å²) < 4.78 is 22.4. The Morgan fingerprint density at radius 1 is 1.45 bits per heavy atom. The van der Waals surface area contributed by atoms with E-state index in [9.17, 15) is 13.2 Å². The molecule has 0 radical (unpaired) electrons. The summed E-state index contributed by atoms with van der Waals surface area (Å²) in [4.78, 5) is 13.5. The molecule has 0 heterocycles. The largest absolute Gasteiger partial charge is 0.395 e. The lowest BCUT2D eigenvalue weighted by atomic mass is 10.3. The number of amides is 1. The Balaban J connectivity index is 2.71. The van der Waals surface area contributed by atoms with Gasteiger partial charge in [-0.15, -0.1) is 0 Å². The number of aliphatic hydroxyl groups is 1. The van der Waals surface area contributed by atoms with Gasteiger partial charge in [0, 0.05) is 12.2 Å². The van der Waals surface area contributed by atoms with Crippen LogP contribution in [0.4, 0.5) is 5.69 Å². The SMILES string of the molecule is CCN(CCO)CC(=O)Nc1cccc(S(N)(=O)=O)c1. The van der Waals surface area contributed by atoms with Gasteiger partial charge < -0.3 is 10.4 Å². The molecule has 1 aromatic carbocycles. The van der Waals surface area contributed by atoms with Crippen LogP contribution in [0.15, 0.2) is 29.2 Å². The van der Waals surface area contributed by atoms with E-state index in [1.165, 1.54) is 18.2 Å². The monoisotopic (exact) mass is 301 g/mol. The summed E-state index contributed by atoms with van der Waals surface area (Å²) in [6.45, 7) is 3.01. The minimum atomic E-state index is -3.79. The number of carbonyl (C=O) groups is 1. The zero-order chi connectivity index (χ0) is 15.2. The average Bonchev–Trinajstić information content (AvgIpc) is 2.37. The maximum Gasteiger partial charge on any atom is 0.238 e. The normalized spacial score (nSPS) is 11.6. The van der Waals surface area contributed by atoms with Crippen LogP contribution in [0.1, 0.15) is 6.92 Å². The van der Waals surface area contributed by atoms with Crippen molar-refractivity contribution >= 4 is 21.6 Å². The number of nitrogens with one attached hydrogen (secondary N) is 1. The molecule has 0 aliphatic carbocycles. The van der Waals surface area contributed by atoms with Crippen LogP contribution in [0, 0.1) is 0 Å². The number of nitrogens with two attached hydrogens (primary N) is 1. The van der Waals surface area contributed by atoms with Gasteiger partial charge in [-0.25, -0.2) is 13.6 Å².